The molecule has 0 radical (unpaired) electrons. The molecule has 8 heterocycles. The van der Waals surface area contributed by atoms with Gasteiger partial charge in [0, 0.05) is 112 Å². The minimum atomic E-state index is 0.0712. The molecule has 0 fully saturated rings. The van der Waals surface area contributed by atoms with Crippen molar-refractivity contribution in [1.82, 2.24) is 10.6 Å². The van der Waals surface area contributed by atoms with E-state index >= 15 is 0 Å². The summed E-state index contributed by atoms with van der Waals surface area (Å²) in [6, 6.07) is 30.3. The van der Waals surface area contributed by atoms with Crippen molar-refractivity contribution in [2.24, 2.45) is 0 Å². The minimum absolute atomic E-state index is 0.0712. The molecule has 2 atom stereocenters. The predicted octanol–water partition coefficient (Wildman–Crippen LogP) is 10.4. The van der Waals surface area contributed by atoms with Gasteiger partial charge in [-0.05, 0) is 87.1 Å². The van der Waals surface area contributed by atoms with Gasteiger partial charge in [-0.25, -0.2) is 0 Å². The van der Waals surface area contributed by atoms with Gasteiger partial charge in [0.2, 0.25) is 22.8 Å². The molecule has 2 amide bonds. The number of anilines is 2. The zero-order valence-corrected chi connectivity index (χ0v) is 45.6. The lowest BCUT2D eigenvalue weighted by molar-refractivity contribution is -0.674. The topological polar surface area (TPSA) is 119 Å². The molecule has 4 aromatic carbocycles. The van der Waals surface area contributed by atoms with Crippen molar-refractivity contribution < 1.29 is 42.4 Å². The fourth-order valence-electron chi connectivity index (χ4n) is 11.9. The Morgan fingerprint density at radius 3 is 1.47 bits per heavy atom. The van der Waals surface area contributed by atoms with Gasteiger partial charge in [-0.15, -0.1) is 0 Å². The molecule has 6 aromatic rings. The van der Waals surface area contributed by atoms with Crippen LogP contribution in [0.3, 0.4) is 0 Å². The molecular formula is C62H70N6O7S2+2. The molecule has 400 valence electrons. The molecule has 2 N–H and O–H groups in total. The molecule has 6 aliphatic rings. The van der Waals surface area contributed by atoms with E-state index < -0.39 is 0 Å². The third kappa shape index (κ3) is 11.1. The molecule has 2 unspecified atom stereocenters. The number of aryl methyl sites for hydroxylation is 2. The number of benzene rings is 4. The fourth-order valence-corrected chi connectivity index (χ4v) is 14.4. The van der Waals surface area contributed by atoms with E-state index in [-0.39, 0.29) is 24.0 Å². The Labute approximate surface area is 459 Å². The second-order valence-corrected chi connectivity index (χ2v) is 22.7. The van der Waals surface area contributed by atoms with Gasteiger partial charge in [-0.2, -0.15) is 9.13 Å². The van der Waals surface area contributed by atoms with Crippen molar-refractivity contribution in [2.45, 2.75) is 102 Å². The molecule has 0 bridgehead atoms. The lowest BCUT2D eigenvalue weighted by Crippen LogP contribution is -2.45. The van der Waals surface area contributed by atoms with Crippen molar-refractivity contribution in [3.63, 3.8) is 0 Å². The van der Waals surface area contributed by atoms with E-state index in [0.29, 0.717) is 65.6 Å². The maximum Gasteiger partial charge on any atom is 0.270 e. The predicted molar refractivity (Wildman–Crippen MR) is 306 cm³/mol. The average Bonchev–Trinajstić information content (AvgIpc) is 4.08. The largest absolute Gasteiger partial charge is 0.484 e. The van der Waals surface area contributed by atoms with E-state index in [1.807, 2.05) is 22.7 Å². The summed E-state index contributed by atoms with van der Waals surface area (Å²) in [4.78, 5) is 29.8. The van der Waals surface area contributed by atoms with E-state index in [4.69, 9.17) is 23.7 Å². The van der Waals surface area contributed by atoms with Crippen LogP contribution in [0.15, 0.2) is 109 Å². The van der Waals surface area contributed by atoms with Crippen molar-refractivity contribution in [3.05, 3.63) is 131 Å². The highest BCUT2D eigenvalue weighted by molar-refractivity contribution is 7.19. The van der Waals surface area contributed by atoms with Crippen LogP contribution in [-0.2, 0) is 36.9 Å². The first kappa shape index (κ1) is 51.4. The maximum atomic E-state index is 12.6. The van der Waals surface area contributed by atoms with Gasteiger partial charge in [-0.3, -0.25) is 9.59 Å². The molecule has 12 rings (SSSR count). The summed E-state index contributed by atoms with van der Waals surface area (Å²) in [6.45, 7) is 8.07. The van der Waals surface area contributed by atoms with Gasteiger partial charge in [0.05, 0.1) is 48.9 Å². The number of ether oxygens (including phenoxy) is 5. The maximum absolute atomic E-state index is 12.6. The van der Waals surface area contributed by atoms with Crippen LogP contribution in [0.1, 0.15) is 98.2 Å². The van der Waals surface area contributed by atoms with E-state index in [1.54, 1.807) is 0 Å². The highest BCUT2D eigenvalue weighted by atomic mass is 32.1. The Kier molecular flexibility index (Phi) is 16.1. The number of hydrogen-bond acceptors (Lipinski definition) is 11. The minimum Gasteiger partial charge on any atom is -0.484 e. The summed E-state index contributed by atoms with van der Waals surface area (Å²) in [5.74, 6) is 2.15. The summed E-state index contributed by atoms with van der Waals surface area (Å²) < 4.78 is 38.0. The summed E-state index contributed by atoms with van der Waals surface area (Å²) in [5.41, 5.74) is 12.6. The number of nitrogens with one attached hydrogen (secondary N) is 2. The Morgan fingerprint density at radius 2 is 0.987 bits per heavy atom. The number of nitrogens with zero attached hydrogens (tertiary/aromatic N) is 4. The van der Waals surface area contributed by atoms with Gasteiger partial charge in [0.15, 0.2) is 13.1 Å². The molecule has 0 aliphatic carbocycles. The van der Waals surface area contributed by atoms with E-state index in [1.165, 1.54) is 75.2 Å². The van der Waals surface area contributed by atoms with Crippen LogP contribution >= 0.6 is 22.7 Å². The molecular weight excluding hydrogens is 1000 g/mol. The van der Waals surface area contributed by atoms with Gasteiger partial charge in [0.25, 0.3) is 10.0 Å². The molecule has 2 aromatic heterocycles. The molecule has 0 saturated heterocycles. The zero-order valence-electron chi connectivity index (χ0n) is 44.0. The smallest absolute Gasteiger partial charge is 0.270 e. The number of amides is 2. The molecule has 77 heavy (non-hydrogen) atoms. The van der Waals surface area contributed by atoms with Crippen LogP contribution in [-0.4, -0.2) is 89.8 Å². The van der Waals surface area contributed by atoms with Gasteiger partial charge in [0.1, 0.15) is 33.1 Å². The number of aromatic nitrogens is 2. The standard InChI is InChI=1S/C62H68N6O7S2/c69-55(23-3-1-9-31-65-33-25-43-57-47(65)17-11-19-49(57)74-51-27-35-67-45-15-5-7-21-53(45)76-61(67)59(43)51)63-29-13-37-71-39-41-73-42-40-72-38-14-30-64-56(70)24-4-2-10-32-66-34-26-44-58-48(66)18-12-20-50(58)75-52-28-36-68-46-16-6-8-22-54(46)77-62(68)60(44)52/h5-8,11-12,15-22,25-26,33-34,51-52H,1-4,9-10,13-14,23-24,27-32,35-42H2/p+2. The van der Waals surface area contributed by atoms with Crippen molar-refractivity contribution >= 4 is 88.6 Å². The van der Waals surface area contributed by atoms with Gasteiger partial charge >= 0.3 is 0 Å². The third-order valence-electron chi connectivity index (χ3n) is 15.6. The summed E-state index contributed by atoms with van der Waals surface area (Å²) in [6.07, 6.45) is 19.4. The number of allylic oxidation sites excluding steroid dienone is 4. The number of para-hydroxylation sites is 2. The molecule has 15 heteroatoms. The Morgan fingerprint density at radius 1 is 0.532 bits per heavy atom. The van der Waals surface area contributed by atoms with Gasteiger partial charge < -0.3 is 44.1 Å². The fraction of sp³-hybridized carbons (Fsp3) is 0.419. The number of fused-ring (bicyclic) bond motifs is 10. The summed E-state index contributed by atoms with van der Waals surface area (Å²) in [7, 11) is 0. The Bertz CT molecular complexity index is 3050. The Balaban J connectivity index is 0.459. The normalized spacial score (nSPS) is 17.4. The van der Waals surface area contributed by atoms with Crippen molar-refractivity contribution in [1.29, 1.82) is 0 Å². The highest BCUT2D eigenvalue weighted by Gasteiger charge is 2.44. The van der Waals surface area contributed by atoms with Gasteiger partial charge in [-0.1, -0.05) is 71.9 Å². The number of rotatable bonds is 26. The summed E-state index contributed by atoms with van der Waals surface area (Å²) >= 11 is 3.74. The second-order valence-electron chi connectivity index (χ2n) is 20.7. The number of carbonyl (C=O) groups is 2. The third-order valence-corrected chi connectivity index (χ3v) is 18.0. The summed E-state index contributed by atoms with van der Waals surface area (Å²) in [5, 5.41) is 8.71. The molecule has 0 spiro atoms. The lowest BCUT2D eigenvalue weighted by atomic mass is 9.87. The average molecular weight is 1080 g/mol. The van der Waals surface area contributed by atoms with Crippen LogP contribution in [0.5, 0.6) is 11.5 Å². The number of thiazole rings is 2. The number of carbonyl (C=O) groups excluding carboxylic acids is 2. The van der Waals surface area contributed by atoms with Crippen LogP contribution in [0, 0.1) is 0 Å². The van der Waals surface area contributed by atoms with Crippen LogP contribution < -0.4 is 39.0 Å². The first-order valence-electron chi connectivity index (χ1n) is 28.2. The molecule has 13 nitrogen and oxygen atoms in total. The van der Waals surface area contributed by atoms with E-state index in [2.05, 4.69) is 139 Å². The Hall–Kier alpha value is -6.36. The first-order valence-corrected chi connectivity index (χ1v) is 29.8. The van der Waals surface area contributed by atoms with Crippen LogP contribution in [0.25, 0.3) is 42.7 Å². The van der Waals surface area contributed by atoms with Crippen LogP contribution in [0.2, 0.25) is 0 Å². The lowest BCUT2D eigenvalue weighted by Gasteiger charge is -2.36. The van der Waals surface area contributed by atoms with Crippen LogP contribution in [0.4, 0.5) is 11.4 Å². The second kappa shape index (κ2) is 24.1. The molecule has 6 aliphatic heterocycles. The zero-order chi connectivity index (χ0) is 51.9. The van der Waals surface area contributed by atoms with E-state index in [9.17, 15) is 9.59 Å². The van der Waals surface area contributed by atoms with Crippen molar-refractivity contribution in [2.75, 3.05) is 75.6 Å². The highest BCUT2D eigenvalue weighted by Crippen LogP contribution is 2.52. The molecule has 0 saturated carbocycles. The van der Waals surface area contributed by atoms with E-state index in [0.717, 1.165) is 102 Å². The first-order chi connectivity index (χ1) is 38.1. The number of unbranched alkanes of at least 4 members (excludes halogenated alkanes) is 4. The number of hydrogen-bond donors (Lipinski definition) is 2. The SMILES string of the molecule is O=C(CCCCCN1C=CC2=C3c4sc5ccccc5[n+]4CCC3Oc3cccc1c32)NCCCOCCOCCOCCCNC(=O)CCCCCN1C=CC2=C3c4sc5ccccc5[n+]4CCC3Oc3cccc1c32. The monoisotopic (exact) mass is 1070 g/mol. The van der Waals surface area contributed by atoms with Crippen molar-refractivity contribution in [3.8, 4) is 11.5 Å². The quantitative estimate of drug-likeness (QED) is 0.0404.